The van der Waals surface area contributed by atoms with Crippen LogP contribution in [-0.2, 0) is 9.59 Å². The van der Waals surface area contributed by atoms with Crippen molar-refractivity contribution < 1.29 is 14.3 Å². The quantitative estimate of drug-likeness (QED) is 0.758. The van der Waals surface area contributed by atoms with Crippen LogP contribution in [0.2, 0.25) is 0 Å². The van der Waals surface area contributed by atoms with E-state index >= 15 is 0 Å². The van der Waals surface area contributed by atoms with E-state index in [9.17, 15) is 9.59 Å². The van der Waals surface area contributed by atoms with Crippen LogP contribution in [0.3, 0.4) is 0 Å². The Morgan fingerprint density at radius 2 is 1.46 bits per heavy atom. The van der Waals surface area contributed by atoms with E-state index in [4.69, 9.17) is 4.74 Å². The molecular weight excluding hydrogens is 352 g/mol. The van der Waals surface area contributed by atoms with Gasteiger partial charge in [0.2, 0.25) is 11.8 Å². The van der Waals surface area contributed by atoms with Crippen LogP contribution in [0.4, 0.5) is 11.4 Å². The molecule has 2 aromatic rings. The van der Waals surface area contributed by atoms with Gasteiger partial charge in [-0.15, -0.1) is 0 Å². The zero-order chi connectivity index (χ0) is 19.9. The predicted octanol–water partition coefficient (Wildman–Crippen LogP) is 4.78. The lowest BCUT2D eigenvalue weighted by Gasteiger charge is -2.27. The average molecular weight is 380 g/mol. The third-order valence-corrected chi connectivity index (χ3v) is 5.23. The molecule has 0 bridgehead atoms. The van der Waals surface area contributed by atoms with Gasteiger partial charge in [-0.3, -0.25) is 9.59 Å². The summed E-state index contributed by atoms with van der Waals surface area (Å²) in [4.78, 5) is 25.2. The van der Waals surface area contributed by atoms with Gasteiger partial charge >= 0.3 is 0 Å². The summed E-state index contributed by atoms with van der Waals surface area (Å²) in [7, 11) is 0. The van der Waals surface area contributed by atoms with Gasteiger partial charge in [0.15, 0.2) is 0 Å². The van der Waals surface area contributed by atoms with Crippen molar-refractivity contribution in [3.05, 3.63) is 54.1 Å². The highest BCUT2D eigenvalue weighted by atomic mass is 16.5. The Bertz CT molecular complexity index is 809. The predicted molar refractivity (Wildman–Crippen MR) is 111 cm³/mol. The van der Waals surface area contributed by atoms with Crippen LogP contribution in [0, 0.1) is 18.8 Å². The number of benzene rings is 2. The van der Waals surface area contributed by atoms with Gasteiger partial charge in [-0.2, -0.15) is 0 Å². The smallest absolute Gasteiger partial charge is 0.227 e. The van der Waals surface area contributed by atoms with E-state index in [2.05, 4.69) is 10.6 Å². The maximum Gasteiger partial charge on any atom is 0.227 e. The fourth-order valence-corrected chi connectivity index (χ4v) is 3.59. The second-order valence-corrected chi connectivity index (χ2v) is 7.32. The van der Waals surface area contributed by atoms with Gasteiger partial charge in [0.25, 0.3) is 0 Å². The third-order valence-electron chi connectivity index (χ3n) is 5.23. The Morgan fingerprint density at radius 1 is 0.893 bits per heavy atom. The molecule has 3 rings (SSSR count). The number of amides is 2. The number of nitrogens with one attached hydrogen (secondary N) is 2. The molecule has 0 saturated heterocycles. The molecule has 1 aliphatic rings. The molecule has 2 N–H and O–H groups in total. The van der Waals surface area contributed by atoms with E-state index in [-0.39, 0.29) is 23.7 Å². The van der Waals surface area contributed by atoms with Crippen molar-refractivity contribution in [3.8, 4) is 5.75 Å². The highest BCUT2D eigenvalue weighted by molar-refractivity contribution is 5.95. The van der Waals surface area contributed by atoms with Crippen molar-refractivity contribution in [1.82, 2.24) is 0 Å². The molecule has 0 aromatic heterocycles. The minimum atomic E-state index is -0.0712. The SMILES string of the molecule is CCOc1ccccc1NC(=O)C1CCC(C(=O)Nc2ccc(C)cc2)CC1. The molecule has 1 saturated carbocycles. The topological polar surface area (TPSA) is 67.4 Å². The molecule has 1 fully saturated rings. The lowest BCUT2D eigenvalue weighted by molar-refractivity contribution is -0.125. The number of anilines is 2. The van der Waals surface area contributed by atoms with Crippen LogP contribution in [0.1, 0.15) is 38.2 Å². The van der Waals surface area contributed by atoms with Crippen molar-refractivity contribution in [1.29, 1.82) is 0 Å². The standard InChI is InChI=1S/C23H28N2O3/c1-3-28-21-7-5-4-6-20(21)25-23(27)18-12-10-17(11-13-18)22(26)24-19-14-8-16(2)9-15-19/h4-9,14-15,17-18H,3,10-13H2,1-2H3,(H,24,26)(H,25,27). The first-order valence-electron chi connectivity index (χ1n) is 9.97. The number of carbonyl (C=O) groups excluding carboxylic acids is 2. The zero-order valence-corrected chi connectivity index (χ0v) is 16.5. The zero-order valence-electron chi connectivity index (χ0n) is 16.5. The van der Waals surface area contributed by atoms with Crippen LogP contribution in [-0.4, -0.2) is 18.4 Å². The molecule has 0 aliphatic heterocycles. The first kappa shape index (κ1) is 19.9. The maximum absolute atomic E-state index is 12.7. The number of hydrogen-bond acceptors (Lipinski definition) is 3. The van der Waals surface area contributed by atoms with Gasteiger partial charge in [-0.1, -0.05) is 29.8 Å². The highest BCUT2D eigenvalue weighted by Crippen LogP contribution is 2.32. The summed E-state index contributed by atoms with van der Waals surface area (Å²) in [6, 6.07) is 15.3. The number of para-hydroxylation sites is 2. The normalized spacial score (nSPS) is 18.9. The average Bonchev–Trinajstić information content (AvgIpc) is 2.71. The molecule has 1 aliphatic carbocycles. The first-order chi connectivity index (χ1) is 13.6. The number of ether oxygens (including phenoxy) is 1. The minimum Gasteiger partial charge on any atom is -0.492 e. The second kappa shape index (κ2) is 9.40. The molecule has 0 unspecified atom stereocenters. The van der Waals surface area contributed by atoms with Crippen LogP contribution >= 0.6 is 0 Å². The largest absolute Gasteiger partial charge is 0.492 e. The van der Waals surface area contributed by atoms with E-state index < -0.39 is 0 Å². The molecule has 0 spiro atoms. The Labute approximate surface area is 166 Å². The van der Waals surface area contributed by atoms with E-state index in [0.717, 1.165) is 24.1 Å². The van der Waals surface area contributed by atoms with Gasteiger partial charge in [0.1, 0.15) is 5.75 Å². The summed E-state index contributed by atoms with van der Waals surface area (Å²) >= 11 is 0. The van der Waals surface area contributed by atoms with E-state index in [0.29, 0.717) is 30.9 Å². The Morgan fingerprint density at radius 3 is 2.07 bits per heavy atom. The van der Waals surface area contributed by atoms with Crippen molar-refractivity contribution in [2.45, 2.75) is 39.5 Å². The Balaban J connectivity index is 1.51. The van der Waals surface area contributed by atoms with Crippen LogP contribution in [0.15, 0.2) is 48.5 Å². The Hall–Kier alpha value is -2.82. The van der Waals surface area contributed by atoms with Gasteiger partial charge in [-0.05, 0) is 63.8 Å². The molecule has 0 atom stereocenters. The molecular formula is C23H28N2O3. The molecule has 2 amide bonds. The van der Waals surface area contributed by atoms with Crippen LogP contribution < -0.4 is 15.4 Å². The monoisotopic (exact) mass is 380 g/mol. The summed E-state index contributed by atoms with van der Waals surface area (Å²) in [6.07, 6.45) is 2.88. The highest BCUT2D eigenvalue weighted by Gasteiger charge is 2.30. The van der Waals surface area contributed by atoms with Gasteiger partial charge < -0.3 is 15.4 Å². The molecule has 0 radical (unpaired) electrons. The van der Waals surface area contributed by atoms with Gasteiger partial charge in [0.05, 0.1) is 12.3 Å². The first-order valence-corrected chi connectivity index (χ1v) is 9.97. The summed E-state index contributed by atoms with van der Waals surface area (Å²) in [5.41, 5.74) is 2.69. The molecule has 28 heavy (non-hydrogen) atoms. The van der Waals surface area contributed by atoms with Gasteiger partial charge in [-0.25, -0.2) is 0 Å². The summed E-state index contributed by atoms with van der Waals surface area (Å²) in [5.74, 6) is 0.623. The second-order valence-electron chi connectivity index (χ2n) is 7.32. The van der Waals surface area contributed by atoms with Crippen molar-refractivity contribution >= 4 is 23.2 Å². The molecule has 0 heterocycles. The minimum absolute atomic E-state index is 0.00421. The van der Waals surface area contributed by atoms with Crippen LogP contribution in [0.25, 0.3) is 0 Å². The summed E-state index contributed by atoms with van der Waals surface area (Å²) in [6.45, 7) is 4.49. The number of hydrogen-bond donors (Lipinski definition) is 2. The molecule has 5 heteroatoms. The van der Waals surface area contributed by atoms with Crippen molar-refractivity contribution in [2.24, 2.45) is 11.8 Å². The fourth-order valence-electron chi connectivity index (χ4n) is 3.59. The Kier molecular flexibility index (Phi) is 6.69. The number of aryl methyl sites for hydroxylation is 1. The van der Waals surface area contributed by atoms with Crippen molar-refractivity contribution in [3.63, 3.8) is 0 Å². The maximum atomic E-state index is 12.7. The lowest BCUT2D eigenvalue weighted by atomic mass is 9.81. The summed E-state index contributed by atoms with van der Waals surface area (Å²) < 4.78 is 5.57. The lowest BCUT2D eigenvalue weighted by Crippen LogP contribution is -2.32. The number of rotatable bonds is 6. The van der Waals surface area contributed by atoms with Crippen LogP contribution in [0.5, 0.6) is 5.75 Å². The summed E-state index contributed by atoms with van der Waals surface area (Å²) in [5, 5.41) is 5.98. The van der Waals surface area contributed by atoms with E-state index in [1.807, 2.05) is 62.4 Å². The van der Waals surface area contributed by atoms with E-state index in [1.165, 1.54) is 0 Å². The molecule has 148 valence electrons. The third kappa shape index (κ3) is 5.12. The molecule has 5 nitrogen and oxygen atoms in total. The fraction of sp³-hybridized carbons (Fsp3) is 0.391. The number of carbonyl (C=O) groups is 2. The van der Waals surface area contributed by atoms with E-state index in [1.54, 1.807) is 0 Å². The van der Waals surface area contributed by atoms with Gasteiger partial charge in [0, 0.05) is 17.5 Å². The molecule has 2 aromatic carbocycles. The van der Waals surface area contributed by atoms with Crippen molar-refractivity contribution in [2.75, 3.05) is 17.2 Å².